The van der Waals surface area contributed by atoms with Gasteiger partial charge in [0.1, 0.15) is 18.3 Å². The number of ether oxygens (including phenoxy) is 1. The van der Waals surface area contributed by atoms with Crippen molar-refractivity contribution in [2.24, 2.45) is 0 Å². The molecule has 1 aliphatic rings. The van der Waals surface area contributed by atoms with Gasteiger partial charge in [0.05, 0.1) is 7.11 Å². The van der Waals surface area contributed by atoms with Crippen LogP contribution in [-0.2, 0) is 9.59 Å². The SMILES string of the molecule is COc1ccc(N2C(=O)CN(c3ccc(C)c(C)c3)C(=O)[C@@H]2c2ccc(C(C)C)cc2)cc1. The predicted molar refractivity (Wildman–Crippen MR) is 132 cm³/mol. The van der Waals surface area contributed by atoms with Crippen LogP contribution < -0.4 is 14.5 Å². The Balaban J connectivity index is 1.79. The Morgan fingerprint density at radius 3 is 2.06 bits per heavy atom. The Hall–Kier alpha value is -3.60. The number of amides is 2. The highest BCUT2D eigenvalue weighted by atomic mass is 16.5. The molecule has 0 radical (unpaired) electrons. The van der Waals surface area contributed by atoms with Gasteiger partial charge in [-0.3, -0.25) is 14.5 Å². The number of benzene rings is 3. The summed E-state index contributed by atoms with van der Waals surface area (Å²) < 4.78 is 5.27. The van der Waals surface area contributed by atoms with Crippen molar-refractivity contribution in [2.45, 2.75) is 39.7 Å². The second kappa shape index (κ2) is 9.10. The van der Waals surface area contributed by atoms with Crippen LogP contribution in [0.15, 0.2) is 66.7 Å². The number of carbonyl (C=O) groups is 2. The first-order valence-corrected chi connectivity index (χ1v) is 11.2. The van der Waals surface area contributed by atoms with Gasteiger partial charge < -0.3 is 9.64 Å². The molecule has 2 amide bonds. The van der Waals surface area contributed by atoms with Crippen LogP contribution in [0.3, 0.4) is 0 Å². The van der Waals surface area contributed by atoms with Gasteiger partial charge in [-0.2, -0.15) is 0 Å². The smallest absolute Gasteiger partial charge is 0.255 e. The fourth-order valence-corrected chi connectivity index (χ4v) is 4.19. The molecular formula is C28H30N2O3. The Kier molecular flexibility index (Phi) is 6.23. The number of piperazine rings is 1. The average molecular weight is 443 g/mol. The van der Waals surface area contributed by atoms with Gasteiger partial charge in [0.2, 0.25) is 5.91 Å². The molecule has 3 aromatic carbocycles. The molecular weight excluding hydrogens is 412 g/mol. The van der Waals surface area contributed by atoms with Gasteiger partial charge in [-0.15, -0.1) is 0 Å². The lowest BCUT2D eigenvalue weighted by molar-refractivity contribution is -0.128. The number of aryl methyl sites for hydroxylation is 2. The quantitative estimate of drug-likeness (QED) is 0.520. The van der Waals surface area contributed by atoms with Crippen molar-refractivity contribution >= 4 is 23.2 Å². The van der Waals surface area contributed by atoms with Crippen LogP contribution >= 0.6 is 0 Å². The first-order valence-electron chi connectivity index (χ1n) is 11.2. The summed E-state index contributed by atoms with van der Waals surface area (Å²) >= 11 is 0. The Morgan fingerprint density at radius 2 is 1.48 bits per heavy atom. The molecule has 1 fully saturated rings. The summed E-state index contributed by atoms with van der Waals surface area (Å²) in [7, 11) is 1.60. The highest BCUT2D eigenvalue weighted by molar-refractivity contribution is 6.14. The molecule has 0 saturated carbocycles. The van der Waals surface area contributed by atoms with E-state index in [9.17, 15) is 9.59 Å². The minimum Gasteiger partial charge on any atom is -0.497 e. The van der Waals surface area contributed by atoms with Gasteiger partial charge in [-0.25, -0.2) is 0 Å². The topological polar surface area (TPSA) is 49.9 Å². The van der Waals surface area contributed by atoms with E-state index in [0.29, 0.717) is 17.4 Å². The van der Waals surface area contributed by atoms with E-state index in [1.165, 1.54) is 5.56 Å². The Bertz CT molecular complexity index is 1170. The van der Waals surface area contributed by atoms with E-state index in [1.54, 1.807) is 16.9 Å². The second-order valence-corrected chi connectivity index (χ2v) is 8.88. The van der Waals surface area contributed by atoms with Crippen LogP contribution in [0.2, 0.25) is 0 Å². The fraction of sp³-hybridized carbons (Fsp3) is 0.286. The normalized spacial score (nSPS) is 16.5. The van der Waals surface area contributed by atoms with E-state index < -0.39 is 6.04 Å². The zero-order valence-corrected chi connectivity index (χ0v) is 19.8. The Morgan fingerprint density at radius 1 is 0.848 bits per heavy atom. The van der Waals surface area contributed by atoms with Crippen molar-refractivity contribution in [1.82, 2.24) is 0 Å². The molecule has 0 bridgehead atoms. The largest absolute Gasteiger partial charge is 0.497 e. The van der Waals surface area contributed by atoms with Crippen molar-refractivity contribution in [3.05, 3.63) is 89.0 Å². The molecule has 1 aliphatic heterocycles. The fourth-order valence-electron chi connectivity index (χ4n) is 4.19. The molecule has 5 nitrogen and oxygen atoms in total. The van der Waals surface area contributed by atoms with Gasteiger partial charge in [-0.05, 0) is 78.4 Å². The van der Waals surface area contributed by atoms with Crippen molar-refractivity contribution in [1.29, 1.82) is 0 Å². The third-order valence-corrected chi connectivity index (χ3v) is 6.39. The minimum absolute atomic E-state index is 0.00601. The van der Waals surface area contributed by atoms with E-state index >= 15 is 0 Å². The lowest BCUT2D eigenvalue weighted by Crippen LogP contribution is -2.56. The first kappa shape index (κ1) is 22.6. The number of methoxy groups -OCH3 is 1. The molecule has 170 valence electrons. The van der Waals surface area contributed by atoms with E-state index in [-0.39, 0.29) is 18.4 Å². The van der Waals surface area contributed by atoms with Crippen molar-refractivity contribution in [3.63, 3.8) is 0 Å². The maximum Gasteiger partial charge on any atom is 0.255 e. The molecule has 0 spiro atoms. The number of rotatable bonds is 5. The molecule has 0 unspecified atom stereocenters. The summed E-state index contributed by atoms with van der Waals surface area (Å²) in [5, 5.41) is 0. The summed E-state index contributed by atoms with van der Waals surface area (Å²) in [5.74, 6) is 0.832. The van der Waals surface area contributed by atoms with Crippen LogP contribution in [0, 0.1) is 13.8 Å². The van der Waals surface area contributed by atoms with Gasteiger partial charge in [0.25, 0.3) is 5.91 Å². The van der Waals surface area contributed by atoms with Gasteiger partial charge >= 0.3 is 0 Å². The van der Waals surface area contributed by atoms with Crippen LogP contribution in [0.25, 0.3) is 0 Å². The highest BCUT2D eigenvalue weighted by Crippen LogP contribution is 2.36. The number of anilines is 2. The molecule has 1 heterocycles. The summed E-state index contributed by atoms with van der Waals surface area (Å²) in [4.78, 5) is 30.6. The molecule has 5 heteroatoms. The van der Waals surface area contributed by atoms with Gasteiger partial charge in [0, 0.05) is 11.4 Å². The number of hydrogen-bond donors (Lipinski definition) is 0. The molecule has 0 N–H and O–H groups in total. The molecule has 0 aliphatic carbocycles. The van der Waals surface area contributed by atoms with E-state index in [1.807, 2.05) is 80.6 Å². The zero-order valence-electron chi connectivity index (χ0n) is 19.8. The van der Waals surface area contributed by atoms with Crippen LogP contribution in [0.4, 0.5) is 11.4 Å². The second-order valence-electron chi connectivity index (χ2n) is 8.88. The van der Waals surface area contributed by atoms with Crippen LogP contribution in [-0.4, -0.2) is 25.5 Å². The standard InChI is InChI=1S/C28H30N2O3/c1-18(2)21-7-9-22(10-8-21)27-28(32)29(24-11-6-19(3)20(4)16-24)17-26(31)30(27)23-12-14-25(33-5)15-13-23/h6-16,18,27H,17H2,1-5H3/t27-/m0/s1. The minimum atomic E-state index is -0.748. The van der Waals surface area contributed by atoms with E-state index in [2.05, 4.69) is 13.8 Å². The van der Waals surface area contributed by atoms with E-state index in [4.69, 9.17) is 4.74 Å². The Labute approximate surface area is 195 Å². The van der Waals surface area contributed by atoms with Gasteiger partial charge in [0.15, 0.2) is 0 Å². The highest BCUT2D eigenvalue weighted by Gasteiger charge is 2.42. The van der Waals surface area contributed by atoms with Gasteiger partial charge in [-0.1, -0.05) is 44.2 Å². The summed E-state index contributed by atoms with van der Waals surface area (Å²) in [6.07, 6.45) is 0. The lowest BCUT2D eigenvalue weighted by atomic mass is 9.95. The summed E-state index contributed by atoms with van der Waals surface area (Å²) in [6.45, 7) is 8.31. The van der Waals surface area contributed by atoms with Crippen molar-refractivity contribution < 1.29 is 14.3 Å². The average Bonchev–Trinajstić information content (AvgIpc) is 2.82. The number of carbonyl (C=O) groups excluding carboxylic acids is 2. The maximum atomic E-state index is 13.9. The lowest BCUT2D eigenvalue weighted by Gasteiger charge is -2.40. The first-order chi connectivity index (χ1) is 15.8. The third-order valence-electron chi connectivity index (χ3n) is 6.39. The molecule has 33 heavy (non-hydrogen) atoms. The summed E-state index contributed by atoms with van der Waals surface area (Å²) in [5.41, 5.74) is 5.64. The zero-order chi connectivity index (χ0) is 23.7. The molecule has 3 aromatic rings. The number of hydrogen-bond acceptors (Lipinski definition) is 3. The third kappa shape index (κ3) is 4.36. The van der Waals surface area contributed by atoms with Crippen LogP contribution in [0.5, 0.6) is 5.75 Å². The van der Waals surface area contributed by atoms with E-state index in [0.717, 1.165) is 22.4 Å². The molecule has 1 saturated heterocycles. The van der Waals surface area contributed by atoms with Crippen molar-refractivity contribution in [2.75, 3.05) is 23.5 Å². The molecule has 1 atom stereocenters. The maximum absolute atomic E-state index is 13.9. The number of nitrogens with zero attached hydrogens (tertiary/aromatic N) is 2. The molecule has 0 aromatic heterocycles. The summed E-state index contributed by atoms with van der Waals surface area (Å²) in [6, 6.07) is 20.4. The van der Waals surface area contributed by atoms with Crippen LogP contribution in [0.1, 0.15) is 48.1 Å². The molecule has 4 rings (SSSR count). The predicted octanol–water partition coefficient (Wildman–Crippen LogP) is 5.56. The van der Waals surface area contributed by atoms with Crippen molar-refractivity contribution in [3.8, 4) is 5.75 Å². The monoisotopic (exact) mass is 442 g/mol.